The Hall–Kier alpha value is -2.24. The Morgan fingerprint density at radius 2 is 1.80 bits per heavy atom. The van der Waals surface area contributed by atoms with Crippen molar-refractivity contribution in [2.24, 2.45) is 28.3 Å². The third-order valence-corrected chi connectivity index (χ3v) is 6.32. The SMILES string of the molecule is C/C(=N\NC(=O)C12CC3CC(CC(C3)C1)C2)c1cccc([N+](=O)[O-])c1. The standard InChI is InChI=1S/C19H23N3O3/c1-12(16-3-2-4-17(8-16)22(24)25)20-21-18(23)19-9-13-5-14(10-19)7-15(6-13)11-19/h2-4,8,13-15H,5-7,9-11H2,1H3,(H,21,23)/b20-12+. The van der Waals surface area contributed by atoms with E-state index in [1.54, 1.807) is 19.1 Å². The number of carbonyl (C=O) groups is 1. The van der Waals surface area contributed by atoms with Crippen molar-refractivity contribution in [1.82, 2.24) is 5.43 Å². The van der Waals surface area contributed by atoms with Gasteiger partial charge in [0.25, 0.3) is 5.69 Å². The van der Waals surface area contributed by atoms with Gasteiger partial charge in [0.1, 0.15) is 0 Å². The normalized spacial score (nSPS) is 33.3. The van der Waals surface area contributed by atoms with Crippen LogP contribution in [0.1, 0.15) is 51.0 Å². The molecular formula is C19H23N3O3. The molecule has 4 aliphatic rings. The zero-order valence-electron chi connectivity index (χ0n) is 14.4. The molecule has 4 aliphatic carbocycles. The van der Waals surface area contributed by atoms with Gasteiger partial charge in [0.05, 0.1) is 16.0 Å². The van der Waals surface area contributed by atoms with E-state index in [9.17, 15) is 14.9 Å². The molecule has 25 heavy (non-hydrogen) atoms. The molecule has 1 aromatic carbocycles. The van der Waals surface area contributed by atoms with Crippen LogP contribution in [0.15, 0.2) is 29.4 Å². The summed E-state index contributed by atoms with van der Waals surface area (Å²) in [6.45, 7) is 1.76. The summed E-state index contributed by atoms with van der Waals surface area (Å²) in [6.07, 6.45) is 6.87. The van der Waals surface area contributed by atoms with Gasteiger partial charge < -0.3 is 0 Å². The maximum absolute atomic E-state index is 12.9. The third-order valence-electron chi connectivity index (χ3n) is 6.32. The van der Waals surface area contributed by atoms with Gasteiger partial charge in [-0.3, -0.25) is 14.9 Å². The van der Waals surface area contributed by atoms with E-state index >= 15 is 0 Å². The molecule has 4 fully saturated rings. The second-order valence-corrected chi connectivity index (χ2v) is 8.14. The monoisotopic (exact) mass is 341 g/mol. The van der Waals surface area contributed by atoms with E-state index < -0.39 is 4.92 Å². The summed E-state index contributed by atoms with van der Waals surface area (Å²) in [5.74, 6) is 2.16. The molecule has 0 spiro atoms. The molecule has 0 aliphatic heterocycles. The zero-order valence-corrected chi connectivity index (χ0v) is 14.4. The minimum absolute atomic E-state index is 0.0273. The van der Waals surface area contributed by atoms with Crippen molar-refractivity contribution < 1.29 is 9.72 Å². The molecule has 4 bridgehead atoms. The number of hydrazone groups is 1. The zero-order chi connectivity index (χ0) is 17.6. The number of hydrogen-bond acceptors (Lipinski definition) is 4. The molecule has 0 heterocycles. The topological polar surface area (TPSA) is 84.6 Å². The fraction of sp³-hybridized carbons (Fsp3) is 0.579. The lowest BCUT2D eigenvalue weighted by Crippen LogP contribution is -2.52. The number of rotatable bonds is 4. The molecule has 132 valence electrons. The van der Waals surface area contributed by atoms with Gasteiger partial charge in [-0.25, -0.2) is 5.43 Å². The smallest absolute Gasteiger partial charge is 0.270 e. The summed E-state index contributed by atoms with van der Waals surface area (Å²) in [4.78, 5) is 23.4. The van der Waals surface area contributed by atoms with E-state index in [2.05, 4.69) is 10.5 Å². The highest BCUT2D eigenvalue weighted by molar-refractivity contribution is 6.00. The Balaban J connectivity index is 1.49. The van der Waals surface area contributed by atoms with Gasteiger partial charge in [-0.2, -0.15) is 5.10 Å². The van der Waals surface area contributed by atoms with Crippen molar-refractivity contribution in [2.75, 3.05) is 0 Å². The number of benzene rings is 1. The molecule has 5 rings (SSSR count). The fourth-order valence-corrected chi connectivity index (χ4v) is 5.55. The number of nitrogens with one attached hydrogen (secondary N) is 1. The van der Waals surface area contributed by atoms with Gasteiger partial charge in [-0.05, 0) is 63.2 Å². The molecule has 0 saturated heterocycles. The summed E-state index contributed by atoms with van der Waals surface area (Å²) in [6, 6.07) is 6.33. The van der Waals surface area contributed by atoms with Gasteiger partial charge in [-0.1, -0.05) is 12.1 Å². The Morgan fingerprint density at radius 3 is 2.36 bits per heavy atom. The van der Waals surface area contributed by atoms with E-state index in [1.807, 2.05) is 0 Å². The van der Waals surface area contributed by atoms with Crippen LogP contribution >= 0.6 is 0 Å². The fourth-order valence-electron chi connectivity index (χ4n) is 5.55. The second-order valence-electron chi connectivity index (χ2n) is 8.14. The van der Waals surface area contributed by atoms with Crippen LogP contribution in [0.5, 0.6) is 0 Å². The molecule has 1 N–H and O–H groups in total. The highest BCUT2D eigenvalue weighted by Crippen LogP contribution is 2.60. The molecule has 0 radical (unpaired) electrons. The molecule has 6 nitrogen and oxygen atoms in total. The lowest BCUT2D eigenvalue weighted by molar-refractivity contribution is -0.384. The largest absolute Gasteiger partial charge is 0.273 e. The summed E-state index contributed by atoms with van der Waals surface area (Å²) in [5.41, 5.74) is 3.80. The van der Waals surface area contributed by atoms with Crippen LogP contribution in [0.2, 0.25) is 0 Å². The first-order valence-electron chi connectivity index (χ1n) is 9.05. The number of nitro benzene ring substituents is 1. The second kappa shape index (κ2) is 5.93. The first-order valence-corrected chi connectivity index (χ1v) is 9.05. The quantitative estimate of drug-likeness (QED) is 0.515. The van der Waals surface area contributed by atoms with Gasteiger partial charge in [0.15, 0.2) is 0 Å². The molecule has 6 heteroatoms. The summed E-state index contributed by atoms with van der Waals surface area (Å²) in [7, 11) is 0. The van der Waals surface area contributed by atoms with Crippen LogP contribution in [-0.2, 0) is 4.79 Å². The van der Waals surface area contributed by atoms with Crippen molar-refractivity contribution in [2.45, 2.75) is 45.4 Å². The van der Waals surface area contributed by atoms with Crippen molar-refractivity contribution >= 4 is 17.3 Å². The van der Waals surface area contributed by atoms with Gasteiger partial charge in [-0.15, -0.1) is 0 Å². The van der Waals surface area contributed by atoms with Gasteiger partial charge in [0, 0.05) is 17.7 Å². The van der Waals surface area contributed by atoms with E-state index in [-0.39, 0.29) is 17.0 Å². The van der Waals surface area contributed by atoms with Gasteiger partial charge >= 0.3 is 0 Å². The van der Waals surface area contributed by atoms with Crippen molar-refractivity contribution in [3.63, 3.8) is 0 Å². The Labute approximate surface area is 146 Å². The van der Waals surface area contributed by atoms with Crippen molar-refractivity contribution in [3.8, 4) is 0 Å². The average Bonchev–Trinajstić information content (AvgIpc) is 2.58. The minimum Gasteiger partial charge on any atom is -0.273 e. The predicted octanol–water partition coefficient (Wildman–Crippen LogP) is 3.65. The maximum atomic E-state index is 12.9. The number of hydrogen-bond donors (Lipinski definition) is 1. The summed E-state index contributed by atoms with van der Waals surface area (Å²) >= 11 is 0. The molecule has 0 unspecified atom stereocenters. The van der Waals surface area contributed by atoms with Crippen LogP contribution < -0.4 is 5.43 Å². The van der Waals surface area contributed by atoms with E-state index in [1.165, 1.54) is 31.4 Å². The van der Waals surface area contributed by atoms with Crippen LogP contribution in [0.4, 0.5) is 5.69 Å². The summed E-state index contributed by atoms with van der Waals surface area (Å²) < 4.78 is 0. The highest BCUT2D eigenvalue weighted by atomic mass is 16.6. The molecule has 1 aromatic rings. The van der Waals surface area contributed by atoms with Crippen LogP contribution in [0.3, 0.4) is 0 Å². The Morgan fingerprint density at radius 1 is 1.20 bits per heavy atom. The van der Waals surface area contributed by atoms with E-state index in [0.717, 1.165) is 19.3 Å². The van der Waals surface area contributed by atoms with Crippen LogP contribution in [0.25, 0.3) is 0 Å². The Kier molecular flexibility index (Phi) is 3.85. The maximum Gasteiger partial charge on any atom is 0.270 e. The minimum atomic E-state index is -0.426. The highest BCUT2D eigenvalue weighted by Gasteiger charge is 2.54. The first-order chi connectivity index (χ1) is 11.9. The van der Waals surface area contributed by atoms with Gasteiger partial charge in [0.2, 0.25) is 5.91 Å². The number of nitrogens with zero attached hydrogens (tertiary/aromatic N) is 2. The molecule has 1 amide bonds. The van der Waals surface area contributed by atoms with Crippen LogP contribution in [0, 0.1) is 33.3 Å². The molecule has 0 atom stereocenters. The number of non-ortho nitro benzene ring substituents is 1. The molecule has 0 aromatic heterocycles. The third kappa shape index (κ3) is 2.94. The molecular weight excluding hydrogens is 318 g/mol. The lowest BCUT2D eigenvalue weighted by atomic mass is 9.49. The number of amides is 1. The average molecular weight is 341 g/mol. The summed E-state index contributed by atoms with van der Waals surface area (Å²) in [5, 5.41) is 15.1. The number of carbonyl (C=O) groups excluding carboxylic acids is 1. The molecule has 4 saturated carbocycles. The van der Waals surface area contributed by atoms with E-state index in [0.29, 0.717) is 29.0 Å². The van der Waals surface area contributed by atoms with E-state index in [4.69, 9.17) is 0 Å². The first kappa shape index (κ1) is 16.2. The van der Waals surface area contributed by atoms with Crippen molar-refractivity contribution in [3.05, 3.63) is 39.9 Å². The van der Waals surface area contributed by atoms with Crippen molar-refractivity contribution in [1.29, 1.82) is 0 Å². The Bertz CT molecular complexity index is 721. The predicted molar refractivity (Wildman–Crippen MR) is 94.1 cm³/mol. The number of nitro groups is 1. The lowest BCUT2D eigenvalue weighted by Gasteiger charge is -2.55. The van der Waals surface area contributed by atoms with Crippen LogP contribution in [-0.4, -0.2) is 16.5 Å².